The van der Waals surface area contributed by atoms with E-state index in [1.165, 1.54) is 43.4 Å². The fourth-order valence-corrected chi connectivity index (χ4v) is 6.72. The van der Waals surface area contributed by atoms with Gasteiger partial charge in [0, 0.05) is 17.7 Å². The summed E-state index contributed by atoms with van der Waals surface area (Å²) in [6, 6.07) is 4.13. The lowest BCUT2D eigenvalue weighted by Crippen LogP contribution is -2.50. The summed E-state index contributed by atoms with van der Waals surface area (Å²) in [7, 11) is 0. The first-order valence-electron chi connectivity index (χ1n) is 9.70. The second-order valence-corrected chi connectivity index (χ2v) is 9.66. The van der Waals surface area contributed by atoms with Gasteiger partial charge in [0.15, 0.2) is 0 Å². The summed E-state index contributed by atoms with van der Waals surface area (Å²) in [4.78, 5) is 25.6. The number of hydrazine groups is 1. The predicted molar refractivity (Wildman–Crippen MR) is 98.8 cm³/mol. The molecule has 0 aliphatic heterocycles. The Labute approximate surface area is 153 Å². The molecule has 2 amide bonds. The molecule has 2 N–H and O–H groups in total. The number of carbonyl (C=O) groups is 2. The van der Waals surface area contributed by atoms with Crippen LogP contribution in [0.2, 0.25) is 0 Å². The summed E-state index contributed by atoms with van der Waals surface area (Å²) in [6.45, 7) is 0. The molecule has 1 aromatic rings. The van der Waals surface area contributed by atoms with E-state index < -0.39 is 0 Å². The molecule has 1 aromatic heterocycles. The van der Waals surface area contributed by atoms with Gasteiger partial charge in [0.1, 0.15) is 0 Å². The molecule has 5 rings (SSSR count). The second-order valence-electron chi connectivity index (χ2n) is 8.62. The molecule has 4 aliphatic carbocycles. The molecule has 0 spiro atoms. The van der Waals surface area contributed by atoms with Crippen LogP contribution >= 0.6 is 11.3 Å². The van der Waals surface area contributed by atoms with Crippen LogP contribution in [-0.2, 0) is 16.0 Å². The predicted octanol–water partition coefficient (Wildman–Crippen LogP) is 3.82. The Morgan fingerprint density at radius 2 is 1.68 bits per heavy atom. The van der Waals surface area contributed by atoms with Crippen LogP contribution in [0.3, 0.4) is 0 Å². The van der Waals surface area contributed by atoms with Gasteiger partial charge in [-0.1, -0.05) is 6.07 Å². The Bertz CT molecular complexity index is 590. The Kier molecular flexibility index (Phi) is 4.85. The molecule has 4 aliphatic rings. The zero-order valence-electron chi connectivity index (χ0n) is 14.8. The average molecular weight is 361 g/mol. The van der Waals surface area contributed by atoms with E-state index in [4.69, 9.17) is 0 Å². The number of thiophene rings is 1. The zero-order valence-corrected chi connectivity index (χ0v) is 15.6. The van der Waals surface area contributed by atoms with Crippen LogP contribution in [0.4, 0.5) is 0 Å². The van der Waals surface area contributed by atoms with Gasteiger partial charge in [-0.2, -0.15) is 0 Å². The standard InChI is InChI=1S/C20H28N2O2S/c23-18(5-1-3-17-4-2-6-25-17)21-22-19(24)13-20-10-14-7-15(11-20)9-16(8-14)12-20/h2,4,6,14-16H,1,3,5,7-13H2,(H,21,23)(H,22,24). The summed E-state index contributed by atoms with van der Waals surface area (Å²) < 4.78 is 0. The highest BCUT2D eigenvalue weighted by Crippen LogP contribution is 2.61. The fourth-order valence-electron chi connectivity index (χ4n) is 5.97. The number of amides is 2. The monoisotopic (exact) mass is 360 g/mol. The topological polar surface area (TPSA) is 58.2 Å². The highest BCUT2D eigenvalue weighted by atomic mass is 32.1. The minimum absolute atomic E-state index is 0.00597. The molecule has 5 heteroatoms. The lowest BCUT2D eigenvalue weighted by atomic mass is 9.49. The Morgan fingerprint density at radius 3 is 2.28 bits per heavy atom. The van der Waals surface area contributed by atoms with Crippen molar-refractivity contribution >= 4 is 23.2 Å². The molecular weight excluding hydrogens is 332 g/mol. The number of nitrogens with one attached hydrogen (secondary N) is 2. The van der Waals surface area contributed by atoms with Gasteiger partial charge in [0.05, 0.1) is 0 Å². The van der Waals surface area contributed by atoms with E-state index in [-0.39, 0.29) is 17.2 Å². The van der Waals surface area contributed by atoms with Crippen LogP contribution in [0.5, 0.6) is 0 Å². The molecule has 4 bridgehead atoms. The first kappa shape index (κ1) is 17.1. The van der Waals surface area contributed by atoms with E-state index in [1.807, 2.05) is 6.07 Å². The molecular formula is C20H28N2O2S. The van der Waals surface area contributed by atoms with Gasteiger partial charge < -0.3 is 0 Å². The number of carbonyl (C=O) groups excluding carboxylic acids is 2. The molecule has 0 radical (unpaired) electrons. The molecule has 25 heavy (non-hydrogen) atoms. The van der Waals surface area contributed by atoms with Gasteiger partial charge in [-0.3, -0.25) is 20.4 Å². The molecule has 0 unspecified atom stereocenters. The fraction of sp³-hybridized carbons (Fsp3) is 0.700. The van der Waals surface area contributed by atoms with Crippen molar-refractivity contribution in [2.75, 3.05) is 0 Å². The normalized spacial score (nSPS) is 32.6. The van der Waals surface area contributed by atoms with Gasteiger partial charge in [-0.15, -0.1) is 11.3 Å². The molecule has 4 nitrogen and oxygen atoms in total. The maximum Gasteiger partial charge on any atom is 0.238 e. The summed E-state index contributed by atoms with van der Waals surface area (Å²) in [5.74, 6) is 2.46. The van der Waals surface area contributed by atoms with Crippen molar-refractivity contribution in [2.45, 2.75) is 64.2 Å². The van der Waals surface area contributed by atoms with Crippen molar-refractivity contribution < 1.29 is 9.59 Å². The first-order valence-corrected chi connectivity index (χ1v) is 10.6. The molecule has 0 saturated heterocycles. The lowest BCUT2D eigenvalue weighted by molar-refractivity contribution is -0.134. The first-order chi connectivity index (χ1) is 12.1. The highest BCUT2D eigenvalue weighted by Gasteiger charge is 2.51. The van der Waals surface area contributed by atoms with Crippen LogP contribution in [0.15, 0.2) is 17.5 Å². The van der Waals surface area contributed by atoms with E-state index in [0.29, 0.717) is 12.8 Å². The van der Waals surface area contributed by atoms with Gasteiger partial charge in [-0.25, -0.2) is 0 Å². The molecule has 136 valence electrons. The number of aryl methyl sites for hydroxylation is 1. The van der Waals surface area contributed by atoms with Crippen molar-refractivity contribution in [3.05, 3.63) is 22.4 Å². The SMILES string of the molecule is O=C(CCCc1cccs1)NNC(=O)CC12CC3CC(CC(C3)C1)C2. The number of hydrogen-bond acceptors (Lipinski definition) is 3. The van der Waals surface area contributed by atoms with E-state index in [9.17, 15) is 9.59 Å². The summed E-state index contributed by atoms with van der Waals surface area (Å²) in [5.41, 5.74) is 5.50. The van der Waals surface area contributed by atoms with Gasteiger partial charge in [0.2, 0.25) is 11.8 Å². The van der Waals surface area contributed by atoms with Gasteiger partial charge in [-0.05, 0) is 86.0 Å². The van der Waals surface area contributed by atoms with Crippen LogP contribution in [-0.4, -0.2) is 11.8 Å². The largest absolute Gasteiger partial charge is 0.273 e. The summed E-state index contributed by atoms with van der Waals surface area (Å²) >= 11 is 1.72. The smallest absolute Gasteiger partial charge is 0.238 e. The third-order valence-electron chi connectivity index (χ3n) is 6.45. The zero-order chi connectivity index (χ0) is 17.3. The second kappa shape index (κ2) is 7.10. The van der Waals surface area contributed by atoms with Gasteiger partial charge in [0.25, 0.3) is 0 Å². The lowest BCUT2D eigenvalue weighted by Gasteiger charge is -2.56. The van der Waals surface area contributed by atoms with Crippen LogP contribution < -0.4 is 10.9 Å². The molecule has 0 aromatic carbocycles. The molecule has 1 heterocycles. The summed E-state index contributed by atoms with van der Waals surface area (Å²) in [5, 5.41) is 2.06. The van der Waals surface area contributed by atoms with Crippen LogP contribution in [0.25, 0.3) is 0 Å². The highest BCUT2D eigenvalue weighted by molar-refractivity contribution is 7.09. The minimum atomic E-state index is -0.0876. The van der Waals surface area contributed by atoms with E-state index in [1.54, 1.807) is 11.3 Å². The maximum absolute atomic E-state index is 12.4. The van der Waals surface area contributed by atoms with Crippen LogP contribution in [0.1, 0.15) is 62.7 Å². The molecule has 4 fully saturated rings. The maximum atomic E-state index is 12.4. The Hall–Kier alpha value is -1.36. The Morgan fingerprint density at radius 1 is 1.04 bits per heavy atom. The van der Waals surface area contributed by atoms with Crippen molar-refractivity contribution in [2.24, 2.45) is 23.2 Å². The molecule has 0 atom stereocenters. The van der Waals surface area contributed by atoms with Crippen molar-refractivity contribution in [1.29, 1.82) is 0 Å². The van der Waals surface area contributed by atoms with Gasteiger partial charge >= 0.3 is 0 Å². The number of hydrogen-bond donors (Lipinski definition) is 2. The van der Waals surface area contributed by atoms with E-state index in [2.05, 4.69) is 22.3 Å². The van der Waals surface area contributed by atoms with E-state index >= 15 is 0 Å². The molecule has 4 saturated carbocycles. The quantitative estimate of drug-likeness (QED) is 0.758. The van der Waals surface area contributed by atoms with Crippen molar-refractivity contribution in [3.8, 4) is 0 Å². The third kappa shape index (κ3) is 4.08. The Balaban J connectivity index is 1.18. The number of rotatable bonds is 6. The van der Waals surface area contributed by atoms with Crippen molar-refractivity contribution in [3.63, 3.8) is 0 Å². The third-order valence-corrected chi connectivity index (χ3v) is 7.39. The van der Waals surface area contributed by atoms with Crippen molar-refractivity contribution in [1.82, 2.24) is 10.9 Å². The van der Waals surface area contributed by atoms with E-state index in [0.717, 1.165) is 30.6 Å². The average Bonchev–Trinajstić information content (AvgIpc) is 3.04. The minimum Gasteiger partial charge on any atom is -0.273 e. The van der Waals surface area contributed by atoms with Crippen LogP contribution in [0, 0.1) is 23.2 Å². The summed E-state index contributed by atoms with van der Waals surface area (Å²) in [6.07, 6.45) is 10.6.